The van der Waals surface area contributed by atoms with Gasteiger partial charge in [-0.2, -0.15) is 0 Å². The van der Waals surface area contributed by atoms with Crippen LogP contribution in [0.2, 0.25) is 0 Å². The molecule has 2 amide bonds. The van der Waals surface area contributed by atoms with Crippen molar-refractivity contribution < 1.29 is 14.0 Å². The van der Waals surface area contributed by atoms with Gasteiger partial charge in [-0.15, -0.1) is 0 Å². The van der Waals surface area contributed by atoms with Crippen LogP contribution in [-0.4, -0.2) is 24.9 Å². The van der Waals surface area contributed by atoms with Crippen molar-refractivity contribution in [1.82, 2.24) is 0 Å². The standard InChI is InChI=1S/C23H22FN3O2/c1-2-27(21-6-4-3-5-7-21)23(29)17-8-12-19(13-9-17)25-16-22(28)26-20-14-10-18(24)11-15-20/h3-15,25H,2,16H2,1H3,(H,26,28). The summed E-state index contributed by atoms with van der Waals surface area (Å²) >= 11 is 0. The van der Waals surface area contributed by atoms with Crippen LogP contribution >= 0.6 is 0 Å². The van der Waals surface area contributed by atoms with Crippen molar-refractivity contribution in [1.29, 1.82) is 0 Å². The lowest BCUT2D eigenvalue weighted by atomic mass is 10.1. The van der Waals surface area contributed by atoms with E-state index in [0.717, 1.165) is 11.4 Å². The maximum Gasteiger partial charge on any atom is 0.258 e. The first-order valence-electron chi connectivity index (χ1n) is 9.33. The lowest BCUT2D eigenvalue weighted by Gasteiger charge is -2.21. The molecule has 2 N–H and O–H groups in total. The van der Waals surface area contributed by atoms with Crippen LogP contribution in [0, 0.1) is 5.82 Å². The number of hydrogen-bond acceptors (Lipinski definition) is 3. The molecule has 0 bridgehead atoms. The van der Waals surface area contributed by atoms with Crippen molar-refractivity contribution in [3.8, 4) is 0 Å². The normalized spacial score (nSPS) is 10.3. The zero-order chi connectivity index (χ0) is 20.6. The summed E-state index contributed by atoms with van der Waals surface area (Å²) < 4.78 is 12.9. The van der Waals surface area contributed by atoms with Crippen molar-refractivity contribution in [2.75, 3.05) is 28.6 Å². The zero-order valence-corrected chi connectivity index (χ0v) is 16.1. The second-order valence-electron chi connectivity index (χ2n) is 6.37. The first-order valence-corrected chi connectivity index (χ1v) is 9.33. The molecule has 5 nitrogen and oxygen atoms in total. The largest absolute Gasteiger partial charge is 0.376 e. The minimum Gasteiger partial charge on any atom is -0.376 e. The number of rotatable bonds is 7. The predicted molar refractivity (Wildman–Crippen MR) is 114 cm³/mol. The van der Waals surface area contributed by atoms with Gasteiger partial charge in [0, 0.05) is 29.2 Å². The number of nitrogens with zero attached hydrogens (tertiary/aromatic N) is 1. The Hall–Kier alpha value is -3.67. The minimum absolute atomic E-state index is 0.0514. The van der Waals surface area contributed by atoms with Crippen LogP contribution in [0.15, 0.2) is 78.9 Å². The molecule has 0 aliphatic heterocycles. The first-order chi connectivity index (χ1) is 14.1. The zero-order valence-electron chi connectivity index (χ0n) is 16.1. The Morgan fingerprint density at radius 1 is 0.862 bits per heavy atom. The number of anilines is 3. The van der Waals surface area contributed by atoms with E-state index in [1.807, 2.05) is 37.3 Å². The molecule has 0 fully saturated rings. The fraction of sp³-hybridized carbons (Fsp3) is 0.130. The summed E-state index contributed by atoms with van der Waals surface area (Å²) in [6.45, 7) is 2.54. The van der Waals surface area contributed by atoms with Crippen LogP contribution in [0.3, 0.4) is 0 Å². The fourth-order valence-corrected chi connectivity index (χ4v) is 2.86. The average molecular weight is 391 g/mol. The summed E-state index contributed by atoms with van der Waals surface area (Å²) in [4.78, 5) is 26.5. The van der Waals surface area contributed by atoms with E-state index in [-0.39, 0.29) is 24.2 Å². The summed E-state index contributed by atoms with van der Waals surface area (Å²) in [6, 6.07) is 22.1. The van der Waals surface area contributed by atoms with Crippen molar-refractivity contribution in [3.63, 3.8) is 0 Å². The molecule has 0 spiro atoms. The van der Waals surface area contributed by atoms with Crippen LogP contribution in [0.25, 0.3) is 0 Å². The molecule has 3 rings (SSSR count). The van der Waals surface area contributed by atoms with E-state index in [1.165, 1.54) is 24.3 Å². The molecule has 0 heterocycles. The summed E-state index contributed by atoms with van der Waals surface area (Å²) in [5, 5.41) is 5.69. The fourth-order valence-electron chi connectivity index (χ4n) is 2.86. The Morgan fingerprint density at radius 2 is 1.48 bits per heavy atom. The quantitative estimate of drug-likeness (QED) is 0.621. The molecule has 0 aromatic heterocycles. The van der Waals surface area contributed by atoms with E-state index in [4.69, 9.17) is 0 Å². The van der Waals surface area contributed by atoms with Gasteiger partial charge in [-0.1, -0.05) is 18.2 Å². The van der Waals surface area contributed by atoms with Crippen LogP contribution in [0.1, 0.15) is 17.3 Å². The number of amides is 2. The van der Waals surface area contributed by atoms with Gasteiger partial charge in [-0.25, -0.2) is 4.39 Å². The molecule has 0 saturated carbocycles. The van der Waals surface area contributed by atoms with Gasteiger partial charge < -0.3 is 15.5 Å². The Bertz CT molecular complexity index is 958. The highest BCUT2D eigenvalue weighted by molar-refractivity contribution is 6.06. The molecule has 0 aliphatic rings. The van der Waals surface area contributed by atoms with E-state index < -0.39 is 0 Å². The van der Waals surface area contributed by atoms with Gasteiger partial charge in [0.15, 0.2) is 0 Å². The molecule has 0 saturated heterocycles. The van der Waals surface area contributed by atoms with Crippen molar-refractivity contribution in [2.24, 2.45) is 0 Å². The maximum absolute atomic E-state index is 12.9. The third-order valence-electron chi connectivity index (χ3n) is 4.34. The third kappa shape index (κ3) is 5.42. The second-order valence-corrected chi connectivity index (χ2v) is 6.37. The minimum atomic E-state index is -0.357. The number of halogens is 1. The van der Waals surface area contributed by atoms with E-state index >= 15 is 0 Å². The SMILES string of the molecule is CCN(C(=O)c1ccc(NCC(=O)Nc2ccc(F)cc2)cc1)c1ccccc1. The number of carbonyl (C=O) groups excluding carboxylic acids is 2. The Morgan fingerprint density at radius 3 is 2.10 bits per heavy atom. The number of nitrogens with one attached hydrogen (secondary N) is 2. The average Bonchev–Trinajstić information content (AvgIpc) is 2.75. The molecule has 0 atom stereocenters. The van der Waals surface area contributed by atoms with E-state index in [2.05, 4.69) is 10.6 Å². The van der Waals surface area contributed by atoms with E-state index in [0.29, 0.717) is 17.8 Å². The summed E-state index contributed by atoms with van der Waals surface area (Å²) in [5.41, 5.74) is 2.66. The smallest absolute Gasteiger partial charge is 0.258 e. The van der Waals surface area contributed by atoms with Crippen LogP contribution < -0.4 is 15.5 Å². The van der Waals surface area contributed by atoms with Gasteiger partial charge in [-0.3, -0.25) is 9.59 Å². The van der Waals surface area contributed by atoms with E-state index in [1.54, 1.807) is 29.2 Å². The molecule has 3 aromatic carbocycles. The van der Waals surface area contributed by atoms with Crippen LogP contribution in [0.4, 0.5) is 21.5 Å². The highest BCUT2D eigenvalue weighted by atomic mass is 19.1. The topological polar surface area (TPSA) is 61.4 Å². The molecular weight excluding hydrogens is 369 g/mol. The second kappa shape index (κ2) is 9.50. The van der Waals surface area contributed by atoms with Crippen molar-refractivity contribution in [3.05, 3.63) is 90.2 Å². The Balaban J connectivity index is 1.57. The van der Waals surface area contributed by atoms with Gasteiger partial charge in [0.2, 0.25) is 5.91 Å². The highest BCUT2D eigenvalue weighted by Gasteiger charge is 2.15. The number of para-hydroxylation sites is 1. The van der Waals surface area contributed by atoms with Gasteiger partial charge in [0.05, 0.1) is 6.54 Å². The number of carbonyl (C=O) groups is 2. The molecule has 29 heavy (non-hydrogen) atoms. The summed E-state index contributed by atoms with van der Waals surface area (Å²) in [7, 11) is 0. The Kier molecular flexibility index (Phi) is 6.58. The molecular formula is C23H22FN3O2. The monoisotopic (exact) mass is 391 g/mol. The maximum atomic E-state index is 12.9. The van der Waals surface area contributed by atoms with Crippen LogP contribution in [0.5, 0.6) is 0 Å². The van der Waals surface area contributed by atoms with Gasteiger partial charge in [0.25, 0.3) is 5.91 Å². The van der Waals surface area contributed by atoms with Crippen molar-refractivity contribution in [2.45, 2.75) is 6.92 Å². The number of hydrogen-bond donors (Lipinski definition) is 2. The lowest BCUT2D eigenvalue weighted by molar-refractivity contribution is -0.114. The summed E-state index contributed by atoms with van der Waals surface area (Å²) in [5.74, 6) is -0.693. The molecule has 0 unspecified atom stereocenters. The molecule has 6 heteroatoms. The van der Waals surface area contributed by atoms with Gasteiger partial charge >= 0.3 is 0 Å². The first kappa shape index (κ1) is 20.1. The number of benzene rings is 3. The molecule has 0 radical (unpaired) electrons. The predicted octanol–water partition coefficient (Wildman–Crippen LogP) is 4.54. The van der Waals surface area contributed by atoms with Crippen molar-refractivity contribution >= 4 is 28.9 Å². The van der Waals surface area contributed by atoms with Gasteiger partial charge in [0.1, 0.15) is 5.82 Å². The van der Waals surface area contributed by atoms with Gasteiger partial charge in [-0.05, 0) is 67.6 Å². The molecule has 148 valence electrons. The highest BCUT2D eigenvalue weighted by Crippen LogP contribution is 2.18. The summed E-state index contributed by atoms with van der Waals surface area (Å²) in [6.07, 6.45) is 0. The third-order valence-corrected chi connectivity index (χ3v) is 4.34. The van der Waals surface area contributed by atoms with Crippen LogP contribution in [-0.2, 0) is 4.79 Å². The van der Waals surface area contributed by atoms with E-state index in [9.17, 15) is 14.0 Å². The molecule has 0 aliphatic carbocycles. The lowest BCUT2D eigenvalue weighted by Crippen LogP contribution is -2.30. The Labute approximate surface area is 169 Å². The molecule has 3 aromatic rings.